The number of aromatic nitrogens is 4. The Kier molecular flexibility index (Phi) is 31.0. The zero-order valence-corrected chi connectivity index (χ0v) is 69.1. The molecule has 24 nitrogen and oxygen atoms in total. The summed E-state index contributed by atoms with van der Waals surface area (Å²) in [6, 6.07) is 26.4. The van der Waals surface area contributed by atoms with Crippen LogP contribution in [0.4, 0.5) is 0 Å². The number of benzene rings is 4. The quantitative estimate of drug-likeness (QED) is 0.0232. The van der Waals surface area contributed by atoms with E-state index >= 15 is 0 Å². The van der Waals surface area contributed by atoms with E-state index in [4.69, 9.17) is 42.7 Å². The largest absolute Gasteiger partial charge is 0.493 e. The highest BCUT2D eigenvalue weighted by Crippen LogP contribution is 2.44. The predicted molar refractivity (Wildman–Crippen MR) is 456 cm³/mol. The second kappa shape index (κ2) is 40.7. The highest BCUT2D eigenvalue weighted by atomic mass is 35.5. The molecule has 10 heterocycles. The van der Waals surface area contributed by atoms with Crippen LogP contribution in [0.15, 0.2) is 107 Å². The molecule has 28 heteroatoms. The number of imide groups is 4. The van der Waals surface area contributed by atoms with E-state index < -0.39 is 65.4 Å². The third-order valence-electron chi connectivity index (χ3n) is 21.8. The van der Waals surface area contributed by atoms with Crippen molar-refractivity contribution in [1.82, 2.24) is 45.1 Å². The summed E-state index contributed by atoms with van der Waals surface area (Å²) in [5.41, 5.74) is 11.0. The molecule has 14 rings (SSSR count). The molecule has 8 aromatic rings. The molecule has 0 bridgehead atoms. The number of halogens is 2. The van der Waals surface area contributed by atoms with Gasteiger partial charge in [0.1, 0.15) is 45.5 Å². The number of carbonyl (C=O) groups is 10. The van der Waals surface area contributed by atoms with E-state index in [0.717, 1.165) is 140 Å². The number of nitrogens with zero attached hydrogens (tertiary/aromatic N) is 8. The number of carboxylic acids is 1. The van der Waals surface area contributed by atoms with Gasteiger partial charge in [-0.3, -0.25) is 82.9 Å². The second-order valence-corrected chi connectivity index (χ2v) is 33.1. The number of amides is 9. The standard InChI is InChI=1S/C44H48ClN5O6S.C24H32N2O5.C19H17ClN4O2S.2CH4/c1-26-15-20-33-32(47-40(29-16-18-30(45)19-17-29)38-27(2)28(3)57-44(38)49(26)33)25-37(52)46-23-10-8-6-4-5-7-9-11-24-56-35-14-12-13-31-39(35)43(55)50(42(31)54)34-21-22-36(51)48-41(34)53;1-2-3-4-5-6-7-8-9-10-16-31-19-13-11-12-17-21(19)24(30)26(23(17)29)18-14-15-20(27)25-22(18)28;1-9-10(2)27-19-16(9)17(12-4-6-13(20)7-5-12)21-14(8-15(25)26)18-23-22-11(3)24(18)19;;/h12-20,32,34H,4-11,21-25H2,1-3H3,(H,46,52)(H,48,51,53);11-13,18H,2-10,14-16H2,1H3,(H,25,27,28);4-7,14H,8H2,1-3H3,(H,25,26);2*1H4/t32-,34?;;14-;;/m0.0../s1. The first-order valence-electron chi connectivity index (χ1n) is 39.9. The Morgan fingerprint density at radius 3 is 1.40 bits per heavy atom. The van der Waals surface area contributed by atoms with Crippen LogP contribution in [-0.2, 0) is 28.8 Å². The normalized spacial score (nSPS) is 17.0. The molecular weight excluding hydrogens is 1570 g/mol. The predicted octanol–water partition coefficient (Wildman–Crippen LogP) is 17.7. The van der Waals surface area contributed by atoms with Crippen molar-refractivity contribution in [3.8, 4) is 21.5 Å². The highest BCUT2D eigenvalue weighted by molar-refractivity contribution is 7.15. The molecule has 4 aromatic heterocycles. The van der Waals surface area contributed by atoms with E-state index in [1.807, 2.05) is 60.0 Å². The maximum atomic E-state index is 13.3. The van der Waals surface area contributed by atoms with E-state index in [1.165, 1.54) is 60.3 Å². The number of aliphatic carboxylic acids is 1. The molecule has 2 unspecified atom stereocenters. The summed E-state index contributed by atoms with van der Waals surface area (Å²) in [6.45, 7) is 16.1. The molecule has 6 aliphatic rings. The number of aliphatic imine (C=N–C) groups is 2. The van der Waals surface area contributed by atoms with Crippen LogP contribution in [0.1, 0.15) is 289 Å². The van der Waals surface area contributed by atoms with Crippen LogP contribution < -0.4 is 25.4 Å². The molecule has 620 valence electrons. The average molecular weight is 1670 g/mol. The zero-order chi connectivity index (χ0) is 81.7. The molecule has 4 aromatic carbocycles. The molecule has 4 atom stereocenters. The SMILES string of the molecule is C.C.CCCCCCCCCCCOc1cccc2c1C(=O)N(C1CCC(=O)NC1=O)C2=O.Cc1sc2c(c1C)C(c1ccc(Cl)cc1)=N[C@@H](CC(=O)NCCCCCCCCCCOc1cccc3c1C(=O)N(C1CCC(=O)NC1=O)C3=O)c1ccc(C)n1-2.Cc1sc2c(c1C)C(c1ccc(Cl)cc1)=N[C@@H](CC(=O)O)c1nnc(C)n1-2. The number of aryl methyl sites for hydroxylation is 4. The Bertz CT molecular complexity index is 5100. The number of fused-ring (bicyclic) bond motifs is 8. The molecule has 0 saturated carbocycles. The monoisotopic (exact) mass is 1670 g/mol. The Morgan fingerprint density at radius 1 is 0.513 bits per heavy atom. The van der Waals surface area contributed by atoms with Gasteiger partial charge >= 0.3 is 5.97 Å². The van der Waals surface area contributed by atoms with Crippen LogP contribution in [-0.4, -0.2) is 137 Å². The number of unbranched alkanes of at least 4 members (excludes halogenated alkanes) is 15. The van der Waals surface area contributed by atoms with Crippen molar-refractivity contribution in [2.75, 3.05) is 19.8 Å². The van der Waals surface area contributed by atoms with E-state index in [-0.39, 0.29) is 93.5 Å². The molecule has 2 fully saturated rings. The molecule has 0 radical (unpaired) electrons. The van der Waals surface area contributed by atoms with Gasteiger partial charge in [0.15, 0.2) is 5.82 Å². The van der Waals surface area contributed by atoms with Gasteiger partial charge in [0.05, 0.1) is 65.8 Å². The molecule has 6 aliphatic heterocycles. The minimum atomic E-state index is -1.01. The van der Waals surface area contributed by atoms with Gasteiger partial charge in [-0.05, 0) is 145 Å². The fraction of sp³-hybridized carbons (Fsp3) is 0.438. The van der Waals surface area contributed by atoms with Gasteiger partial charge in [-0.2, -0.15) is 0 Å². The lowest BCUT2D eigenvalue weighted by Gasteiger charge is -2.27. The fourth-order valence-electron chi connectivity index (χ4n) is 15.5. The smallest absolute Gasteiger partial charge is 0.306 e. The summed E-state index contributed by atoms with van der Waals surface area (Å²) in [6.07, 6.45) is 19.5. The molecule has 117 heavy (non-hydrogen) atoms. The maximum Gasteiger partial charge on any atom is 0.306 e. The minimum Gasteiger partial charge on any atom is -0.493 e. The van der Waals surface area contributed by atoms with Gasteiger partial charge in [0.2, 0.25) is 29.5 Å². The minimum absolute atomic E-state index is 0. The van der Waals surface area contributed by atoms with Crippen molar-refractivity contribution in [2.45, 2.75) is 235 Å². The third kappa shape index (κ3) is 20.3. The number of rotatable bonds is 31. The second-order valence-electron chi connectivity index (χ2n) is 29.9. The topological polar surface area (TPSA) is 312 Å². The number of carboxylic acid groups (broad SMARTS) is 1. The number of hydrogen-bond donors (Lipinski definition) is 4. The summed E-state index contributed by atoms with van der Waals surface area (Å²) in [5.74, 6) is -3.12. The van der Waals surface area contributed by atoms with Gasteiger partial charge in [-0.15, -0.1) is 32.9 Å². The Hall–Kier alpha value is -10.3. The van der Waals surface area contributed by atoms with Crippen LogP contribution in [0.2, 0.25) is 10.0 Å². The van der Waals surface area contributed by atoms with Crippen LogP contribution in [0.5, 0.6) is 11.5 Å². The molecule has 2 saturated heterocycles. The molecule has 4 N–H and O–H groups in total. The highest BCUT2D eigenvalue weighted by Gasteiger charge is 2.48. The summed E-state index contributed by atoms with van der Waals surface area (Å²) in [5, 5.41) is 28.9. The number of thiophene rings is 2. The van der Waals surface area contributed by atoms with Crippen molar-refractivity contribution in [3.63, 3.8) is 0 Å². The number of ether oxygens (including phenoxy) is 2. The first kappa shape index (κ1) is 89.1. The fourth-order valence-corrected chi connectivity index (χ4v) is 18.2. The van der Waals surface area contributed by atoms with Crippen LogP contribution in [0.3, 0.4) is 0 Å². The number of hydrogen-bond acceptors (Lipinski definition) is 18. The van der Waals surface area contributed by atoms with Crippen molar-refractivity contribution in [2.24, 2.45) is 9.98 Å². The van der Waals surface area contributed by atoms with Crippen LogP contribution in [0.25, 0.3) is 10.0 Å². The molecule has 0 spiro atoms. The lowest BCUT2D eigenvalue weighted by atomic mass is 9.99. The average Bonchev–Trinajstić information content (AvgIpc) is 1.62. The van der Waals surface area contributed by atoms with Crippen molar-refractivity contribution < 1.29 is 62.5 Å². The van der Waals surface area contributed by atoms with E-state index in [2.05, 4.69) is 84.4 Å². The molecule has 9 amide bonds. The summed E-state index contributed by atoms with van der Waals surface area (Å²) in [7, 11) is 0. The zero-order valence-electron chi connectivity index (χ0n) is 65.9. The first-order chi connectivity index (χ1) is 55.4. The molecular formula is C89H105Cl2N11O13S2. The Morgan fingerprint density at radius 2 is 0.949 bits per heavy atom. The lowest BCUT2D eigenvalue weighted by molar-refractivity contribution is -0.138. The summed E-state index contributed by atoms with van der Waals surface area (Å²) in [4.78, 5) is 139. The van der Waals surface area contributed by atoms with E-state index in [9.17, 15) is 53.1 Å². The lowest BCUT2D eigenvalue weighted by Crippen LogP contribution is -2.54. The number of carbonyl (C=O) groups excluding carboxylic acids is 9. The molecule has 0 aliphatic carbocycles. The van der Waals surface area contributed by atoms with Gasteiger partial charge in [0.25, 0.3) is 23.6 Å². The van der Waals surface area contributed by atoms with Gasteiger partial charge < -0.3 is 24.5 Å². The van der Waals surface area contributed by atoms with Crippen LogP contribution >= 0.6 is 45.9 Å². The van der Waals surface area contributed by atoms with Gasteiger partial charge in [-0.25, -0.2) is 0 Å². The summed E-state index contributed by atoms with van der Waals surface area (Å²) < 4.78 is 16.0. The first-order valence-corrected chi connectivity index (χ1v) is 42.3. The van der Waals surface area contributed by atoms with Gasteiger partial charge in [-0.1, -0.05) is 171 Å². The van der Waals surface area contributed by atoms with Crippen LogP contribution in [0, 0.1) is 41.5 Å². The van der Waals surface area contributed by atoms with E-state index in [1.54, 1.807) is 59.1 Å². The van der Waals surface area contributed by atoms with Crippen molar-refractivity contribution >= 4 is 116 Å². The van der Waals surface area contributed by atoms with E-state index in [0.29, 0.717) is 47.1 Å². The maximum absolute atomic E-state index is 13.3. The van der Waals surface area contributed by atoms with Crippen molar-refractivity contribution in [1.29, 1.82) is 0 Å². The van der Waals surface area contributed by atoms with Crippen molar-refractivity contribution in [3.05, 3.63) is 196 Å². The third-order valence-corrected chi connectivity index (χ3v) is 24.7. The Balaban J connectivity index is 0.000000202. The number of piperidine rings is 2. The number of nitrogens with one attached hydrogen (secondary N) is 3. The Labute approximate surface area is 701 Å². The van der Waals surface area contributed by atoms with Gasteiger partial charge in [0, 0.05) is 72.8 Å². The summed E-state index contributed by atoms with van der Waals surface area (Å²) >= 11 is 15.7.